The van der Waals surface area contributed by atoms with Crippen LogP contribution in [0.25, 0.3) is 11.5 Å². The molecule has 10 heteroatoms. The predicted molar refractivity (Wildman–Crippen MR) is 110 cm³/mol. The molecule has 2 aromatic heterocycles. The van der Waals surface area contributed by atoms with Gasteiger partial charge in [0.1, 0.15) is 0 Å². The number of halogens is 1. The molecular formula is C19H24ClN7O2. The molecule has 0 bridgehead atoms. The summed E-state index contributed by atoms with van der Waals surface area (Å²) in [6.45, 7) is 5.80. The summed E-state index contributed by atoms with van der Waals surface area (Å²) >= 11 is 0. The molecule has 29 heavy (non-hydrogen) atoms. The number of carbonyl (C=O) groups excluding carboxylic acids is 1. The molecule has 154 valence electrons. The summed E-state index contributed by atoms with van der Waals surface area (Å²) < 4.78 is 7.09. The van der Waals surface area contributed by atoms with Crippen molar-refractivity contribution in [1.82, 2.24) is 30.5 Å². The fourth-order valence-electron chi connectivity index (χ4n) is 3.22. The highest BCUT2D eigenvalue weighted by Gasteiger charge is 2.19. The average molecular weight is 418 g/mol. The van der Waals surface area contributed by atoms with Gasteiger partial charge in [-0.3, -0.25) is 4.79 Å². The van der Waals surface area contributed by atoms with E-state index in [0.717, 1.165) is 37.1 Å². The zero-order chi connectivity index (χ0) is 19.5. The van der Waals surface area contributed by atoms with E-state index in [9.17, 15) is 4.79 Å². The molecule has 0 radical (unpaired) electrons. The first kappa shape index (κ1) is 20.9. The van der Waals surface area contributed by atoms with Gasteiger partial charge >= 0.3 is 0 Å². The largest absolute Gasteiger partial charge is 0.334 e. The number of hydrogen-bond donors (Lipinski definition) is 2. The molecule has 0 unspecified atom stereocenters. The van der Waals surface area contributed by atoms with Crippen LogP contribution in [0.4, 0.5) is 5.69 Å². The Hall–Kier alpha value is -2.78. The lowest BCUT2D eigenvalue weighted by atomic mass is 10.1. The highest BCUT2D eigenvalue weighted by molar-refractivity contribution is 6.03. The number of anilines is 1. The molecule has 9 nitrogen and oxygen atoms in total. The van der Waals surface area contributed by atoms with Gasteiger partial charge in [-0.05, 0) is 50.6 Å². The van der Waals surface area contributed by atoms with Gasteiger partial charge in [-0.15, -0.1) is 17.5 Å². The van der Waals surface area contributed by atoms with Gasteiger partial charge < -0.3 is 15.2 Å². The van der Waals surface area contributed by atoms with E-state index >= 15 is 0 Å². The molecule has 4 rings (SSSR count). The third-order valence-electron chi connectivity index (χ3n) is 4.94. The zero-order valence-electron chi connectivity index (χ0n) is 16.4. The summed E-state index contributed by atoms with van der Waals surface area (Å²) in [7, 11) is 0. The minimum Gasteiger partial charge on any atom is -0.334 e. The van der Waals surface area contributed by atoms with Crippen molar-refractivity contribution in [3.8, 4) is 11.5 Å². The first-order valence-corrected chi connectivity index (χ1v) is 9.51. The van der Waals surface area contributed by atoms with E-state index in [4.69, 9.17) is 4.52 Å². The van der Waals surface area contributed by atoms with Crippen LogP contribution in [0.1, 0.15) is 47.7 Å². The van der Waals surface area contributed by atoms with Crippen LogP contribution in [0.2, 0.25) is 0 Å². The third-order valence-corrected chi connectivity index (χ3v) is 4.94. The highest BCUT2D eigenvalue weighted by Crippen LogP contribution is 2.25. The van der Waals surface area contributed by atoms with Gasteiger partial charge in [0.25, 0.3) is 11.8 Å². The predicted octanol–water partition coefficient (Wildman–Crippen LogP) is 2.80. The molecular weight excluding hydrogens is 394 g/mol. The maximum atomic E-state index is 12.7. The van der Waals surface area contributed by atoms with Gasteiger partial charge in [-0.1, -0.05) is 23.4 Å². The second-order valence-corrected chi connectivity index (χ2v) is 6.92. The van der Waals surface area contributed by atoms with Gasteiger partial charge in [-0.25, -0.2) is 4.68 Å². The number of aryl methyl sites for hydroxylation is 2. The molecule has 1 aliphatic rings. The van der Waals surface area contributed by atoms with E-state index in [0.29, 0.717) is 29.5 Å². The molecule has 3 aromatic rings. The van der Waals surface area contributed by atoms with Crippen molar-refractivity contribution in [2.24, 2.45) is 0 Å². The topological polar surface area (TPSA) is 111 Å². The number of benzene rings is 1. The lowest BCUT2D eigenvalue weighted by Crippen LogP contribution is -2.29. The molecule has 0 spiro atoms. The fourth-order valence-corrected chi connectivity index (χ4v) is 3.22. The summed E-state index contributed by atoms with van der Waals surface area (Å²) in [6.07, 6.45) is 4.38. The Kier molecular flexibility index (Phi) is 6.60. The molecule has 0 aliphatic carbocycles. The summed E-state index contributed by atoms with van der Waals surface area (Å²) in [4.78, 5) is 17.0. The lowest BCUT2D eigenvalue weighted by Gasteiger charge is -2.22. The fraction of sp³-hybridized carbons (Fsp3) is 0.421. The lowest BCUT2D eigenvalue weighted by molar-refractivity contribution is 0.102. The Bertz CT molecular complexity index is 979. The monoisotopic (exact) mass is 417 g/mol. The van der Waals surface area contributed by atoms with Crippen molar-refractivity contribution in [3.63, 3.8) is 0 Å². The van der Waals surface area contributed by atoms with Crippen molar-refractivity contribution in [2.75, 3.05) is 18.4 Å². The van der Waals surface area contributed by atoms with E-state index < -0.39 is 0 Å². The Morgan fingerprint density at radius 3 is 2.86 bits per heavy atom. The van der Waals surface area contributed by atoms with Crippen LogP contribution in [0, 0.1) is 6.92 Å². The van der Waals surface area contributed by atoms with Gasteiger partial charge in [0.2, 0.25) is 0 Å². The van der Waals surface area contributed by atoms with Crippen LogP contribution in [0.5, 0.6) is 0 Å². The molecule has 3 heterocycles. The number of nitrogens with one attached hydrogen (secondary N) is 2. The van der Waals surface area contributed by atoms with Crippen molar-refractivity contribution in [3.05, 3.63) is 41.5 Å². The molecule has 1 aromatic carbocycles. The minimum atomic E-state index is -0.291. The van der Waals surface area contributed by atoms with Crippen LogP contribution in [-0.2, 0) is 6.42 Å². The number of carbonyl (C=O) groups is 1. The Balaban J connectivity index is 0.00000240. The van der Waals surface area contributed by atoms with E-state index in [1.807, 2.05) is 32.0 Å². The number of aromatic nitrogens is 5. The maximum Gasteiger partial charge on any atom is 0.277 e. The van der Waals surface area contributed by atoms with Crippen molar-refractivity contribution in [1.29, 1.82) is 0 Å². The van der Waals surface area contributed by atoms with Crippen LogP contribution in [0.3, 0.4) is 0 Å². The summed E-state index contributed by atoms with van der Waals surface area (Å²) in [6, 6.07) is 5.92. The Morgan fingerprint density at radius 2 is 2.14 bits per heavy atom. The third kappa shape index (κ3) is 4.63. The van der Waals surface area contributed by atoms with Crippen LogP contribution in [0.15, 0.2) is 28.9 Å². The molecule has 1 saturated heterocycles. The van der Waals surface area contributed by atoms with E-state index in [2.05, 4.69) is 31.1 Å². The van der Waals surface area contributed by atoms with Crippen LogP contribution in [-0.4, -0.2) is 44.1 Å². The molecule has 0 atom stereocenters. The van der Waals surface area contributed by atoms with E-state index in [-0.39, 0.29) is 24.4 Å². The maximum absolute atomic E-state index is 12.7. The average Bonchev–Trinajstić information content (AvgIpc) is 3.40. The minimum absolute atomic E-state index is 0. The summed E-state index contributed by atoms with van der Waals surface area (Å²) in [5.41, 5.74) is 2.66. The van der Waals surface area contributed by atoms with Gasteiger partial charge in [0.15, 0.2) is 11.5 Å². The second kappa shape index (κ2) is 9.15. The van der Waals surface area contributed by atoms with Crippen molar-refractivity contribution < 1.29 is 9.32 Å². The molecule has 1 amide bonds. The van der Waals surface area contributed by atoms with Crippen molar-refractivity contribution in [2.45, 2.75) is 39.2 Å². The normalized spacial score (nSPS) is 14.4. The highest BCUT2D eigenvalue weighted by atomic mass is 35.5. The molecule has 2 N–H and O–H groups in total. The SMILES string of the molecule is CCc1noc(-c2ccc(C)c(NC(=O)c3cn(C4CCNCC4)nn3)c2)n1.Cl. The Morgan fingerprint density at radius 1 is 1.34 bits per heavy atom. The number of hydrogen-bond acceptors (Lipinski definition) is 7. The second-order valence-electron chi connectivity index (χ2n) is 6.92. The molecule has 1 aliphatic heterocycles. The smallest absolute Gasteiger partial charge is 0.277 e. The van der Waals surface area contributed by atoms with Crippen LogP contribution < -0.4 is 10.6 Å². The number of rotatable bonds is 5. The van der Waals surface area contributed by atoms with Gasteiger partial charge in [-0.2, -0.15) is 4.98 Å². The Labute approximate surface area is 174 Å². The zero-order valence-corrected chi connectivity index (χ0v) is 17.2. The summed E-state index contributed by atoms with van der Waals surface area (Å²) in [5, 5.41) is 18.4. The number of nitrogens with zero attached hydrogens (tertiary/aromatic N) is 5. The first-order valence-electron chi connectivity index (χ1n) is 9.51. The molecule has 1 fully saturated rings. The van der Waals surface area contributed by atoms with Gasteiger partial charge in [0.05, 0.1) is 12.2 Å². The standard InChI is InChI=1S/C19H23N7O2.ClH/c1-3-17-22-19(28-24-17)13-5-4-12(2)15(10-13)21-18(27)16-11-26(25-23-16)14-6-8-20-9-7-14;/h4-5,10-11,14,20H,3,6-9H2,1-2H3,(H,21,27);1H. The van der Waals surface area contributed by atoms with Crippen molar-refractivity contribution >= 4 is 24.0 Å². The van der Waals surface area contributed by atoms with E-state index in [1.54, 1.807) is 10.9 Å². The number of amides is 1. The summed E-state index contributed by atoms with van der Waals surface area (Å²) in [5.74, 6) is 0.792. The molecule has 0 saturated carbocycles. The first-order chi connectivity index (χ1) is 13.6. The van der Waals surface area contributed by atoms with E-state index in [1.165, 1.54) is 0 Å². The quantitative estimate of drug-likeness (QED) is 0.656. The number of piperidine rings is 1. The van der Waals surface area contributed by atoms with Gasteiger partial charge in [0, 0.05) is 17.7 Å². The van der Waals surface area contributed by atoms with Crippen LogP contribution >= 0.6 is 12.4 Å².